The average Bonchev–Trinajstić information content (AvgIpc) is 2.76. The second kappa shape index (κ2) is 5.24. The first kappa shape index (κ1) is 13.9. The molecule has 2 aromatic rings. The molecule has 0 unspecified atom stereocenters. The third kappa shape index (κ3) is 2.74. The van der Waals surface area contributed by atoms with Gasteiger partial charge < -0.3 is 9.67 Å². The summed E-state index contributed by atoms with van der Waals surface area (Å²) >= 11 is 0. The zero-order chi connectivity index (χ0) is 14.9. The summed E-state index contributed by atoms with van der Waals surface area (Å²) in [6, 6.07) is 4.47. The van der Waals surface area contributed by atoms with Gasteiger partial charge in [-0.2, -0.15) is 0 Å². The van der Waals surface area contributed by atoms with Crippen molar-refractivity contribution in [3.05, 3.63) is 58.9 Å². The van der Waals surface area contributed by atoms with Gasteiger partial charge in [0.05, 0.1) is 0 Å². The topological polar surface area (TPSA) is 59.3 Å². The van der Waals surface area contributed by atoms with Crippen LogP contribution in [0.2, 0.25) is 0 Å². The van der Waals surface area contributed by atoms with Crippen molar-refractivity contribution < 1.29 is 23.5 Å². The van der Waals surface area contributed by atoms with Crippen LogP contribution in [-0.2, 0) is 13.5 Å². The number of rotatable bonds is 4. The van der Waals surface area contributed by atoms with E-state index in [2.05, 4.69) is 0 Å². The average molecular weight is 279 g/mol. The van der Waals surface area contributed by atoms with Crippen LogP contribution in [0.5, 0.6) is 0 Å². The number of hydrogen-bond acceptors (Lipinski definition) is 2. The number of Topliss-reactive ketones (excluding diaryl/α,β-unsaturated/α-hetero) is 1. The lowest BCUT2D eigenvalue weighted by Gasteiger charge is -2.00. The molecule has 0 spiro atoms. The maximum atomic E-state index is 13.0. The van der Waals surface area contributed by atoms with Crippen LogP contribution < -0.4 is 0 Å². The molecule has 1 heterocycles. The number of carbonyl (C=O) groups excluding carboxylic acids is 1. The van der Waals surface area contributed by atoms with Crippen molar-refractivity contribution >= 4 is 11.8 Å². The quantitative estimate of drug-likeness (QED) is 0.874. The molecule has 1 N–H and O–H groups in total. The van der Waals surface area contributed by atoms with Crippen molar-refractivity contribution in [3.63, 3.8) is 0 Å². The highest BCUT2D eigenvalue weighted by Crippen LogP contribution is 2.14. The molecule has 0 aliphatic heterocycles. The Morgan fingerprint density at radius 3 is 2.45 bits per heavy atom. The predicted octanol–water partition coefficient (Wildman–Crippen LogP) is 2.43. The van der Waals surface area contributed by atoms with E-state index in [1.165, 1.54) is 29.9 Å². The van der Waals surface area contributed by atoms with Gasteiger partial charge in [-0.25, -0.2) is 13.6 Å². The Morgan fingerprint density at radius 2 is 1.90 bits per heavy atom. The highest BCUT2D eigenvalue weighted by atomic mass is 19.2. The van der Waals surface area contributed by atoms with Gasteiger partial charge in [-0.3, -0.25) is 4.79 Å². The number of aromatic carboxylic acids is 1. The molecule has 6 heteroatoms. The van der Waals surface area contributed by atoms with E-state index in [4.69, 9.17) is 5.11 Å². The smallest absolute Gasteiger partial charge is 0.352 e. The van der Waals surface area contributed by atoms with Crippen LogP contribution in [-0.4, -0.2) is 21.4 Å². The van der Waals surface area contributed by atoms with Gasteiger partial charge >= 0.3 is 5.97 Å². The third-order valence-electron chi connectivity index (χ3n) is 2.89. The van der Waals surface area contributed by atoms with E-state index in [0.29, 0.717) is 5.56 Å². The van der Waals surface area contributed by atoms with Gasteiger partial charge in [-0.05, 0) is 23.8 Å². The first-order valence-electron chi connectivity index (χ1n) is 5.75. The number of hydrogen-bond donors (Lipinski definition) is 1. The molecule has 0 amide bonds. The van der Waals surface area contributed by atoms with Crippen LogP contribution in [0.25, 0.3) is 0 Å². The molecule has 1 aromatic carbocycles. The van der Waals surface area contributed by atoms with Crippen molar-refractivity contribution in [1.82, 2.24) is 4.57 Å². The van der Waals surface area contributed by atoms with Crippen molar-refractivity contribution in [2.24, 2.45) is 7.05 Å². The minimum Gasteiger partial charge on any atom is -0.477 e. The Labute approximate surface area is 113 Å². The van der Waals surface area contributed by atoms with Crippen molar-refractivity contribution in [2.75, 3.05) is 0 Å². The number of benzene rings is 1. The summed E-state index contributed by atoms with van der Waals surface area (Å²) in [5.74, 6) is -3.50. The van der Waals surface area contributed by atoms with E-state index < -0.39 is 17.6 Å². The molecule has 0 bridgehead atoms. The molecule has 2 rings (SSSR count). The first-order valence-corrected chi connectivity index (χ1v) is 5.75. The lowest BCUT2D eigenvalue weighted by atomic mass is 10.0. The predicted molar refractivity (Wildman–Crippen MR) is 66.8 cm³/mol. The van der Waals surface area contributed by atoms with E-state index in [1.54, 1.807) is 0 Å². The van der Waals surface area contributed by atoms with Crippen LogP contribution in [0, 0.1) is 11.6 Å². The number of ketones is 1. The van der Waals surface area contributed by atoms with E-state index in [9.17, 15) is 18.4 Å². The molecule has 0 atom stereocenters. The largest absolute Gasteiger partial charge is 0.477 e. The Hall–Kier alpha value is -2.50. The number of carboxylic acid groups (broad SMARTS) is 1. The van der Waals surface area contributed by atoms with Gasteiger partial charge in [-0.1, -0.05) is 6.07 Å². The fourth-order valence-corrected chi connectivity index (χ4v) is 1.87. The summed E-state index contributed by atoms with van der Waals surface area (Å²) in [7, 11) is 1.51. The van der Waals surface area contributed by atoms with Crippen LogP contribution in [0.15, 0.2) is 30.5 Å². The SMILES string of the molecule is Cn1cc(C(=O)Cc2ccc(F)c(F)c2)cc1C(=O)O. The fourth-order valence-electron chi connectivity index (χ4n) is 1.87. The van der Waals surface area contributed by atoms with Crippen LogP contribution in [0.1, 0.15) is 26.4 Å². The molecule has 4 nitrogen and oxygen atoms in total. The first-order chi connectivity index (χ1) is 9.38. The molecule has 104 valence electrons. The number of nitrogens with zero attached hydrogens (tertiary/aromatic N) is 1. The zero-order valence-electron chi connectivity index (χ0n) is 10.6. The monoisotopic (exact) mass is 279 g/mol. The zero-order valence-corrected chi connectivity index (χ0v) is 10.6. The molecule has 0 fully saturated rings. The number of halogens is 2. The van der Waals surface area contributed by atoms with Crippen LogP contribution >= 0.6 is 0 Å². The maximum absolute atomic E-state index is 13.0. The second-order valence-electron chi connectivity index (χ2n) is 4.38. The fraction of sp³-hybridized carbons (Fsp3) is 0.143. The molecule has 0 saturated carbocycles. The number of carboxylic acids is 1. The normalized spacial score (nSPS) is 10.6. The Morgan fingerprint density at radius 1 is 1.20 bits per heavy atom. The molecule has 1 aromatic heterocycles. The molecule has 20 heavy (non-hydrogen) atoms. The summed E-state index contributed by atoms with van der Waals surface area (Å²) in [5, 5.41) is 8.89. The summed E-state index contributed by atoms with van der Waals surface area (Å²) in [6.45, 7) is 0. The number of carbonyl (C=O) groups is 2. The minimum atomic E-state index is -1.14. The molecule has 0 aliphatic rings. The number of aromatic nitrogens is 1. The number of aryl methyl sites for hydroxylation is 1. The molecule has 0 radical (unpaired) electrons. The summed E-state index contributed by atoms with van der Waals surface area (Å²) in [5.41, 5.74) is 0.530. The Kier molecular flexibility index (Phi) is 3.65. The van der Waals surface area contributed by atoms with Crippen LogP contribution in [0.3, 0.4) is 0 Å². The van der Waals surface area contributed by atoms with E-state index in [0.717, 1.165) is 12.1 Å². The summed E-state index contributed by atoms with van der Waals surface area (Å²) < 4.78 is 27.1. The molecule has 0 saturated heterocycles. The van der Waals surface area contributed by atoms with Gasteiger partial charge in [0.1, 0.15) is 5.69 Å². The lowest BCUT2D eigenvalue weighted by molar-refractivity contribution is 0.0686. The summed E-state index contributed by atoms with van der Waals surface area (Å²) in [6.07, 6.45) is 1.27. The van der Waals surface area contributed by atoms with E-state index in [1.807, 2.05) is 0 Å². The van der Waals surface area contributed by atoms with Gasteiger partial charge in [-0.15, -0.1) is 0 Å². The minimum absolute atomic E-state index is 0.0152. The van der Waals surface area contributed by atoms with Crippen LogP contribution in [0.4, 0.5) is 8.78 Å². The molecular formula is C14H11F2NO3. The van der Waals surface area contributed by atoms with Gasteiger partial charge in [0, 0.05) is 25.2 Å². The van der Waals surface area contributed by atoms with E-state index >= 15 is 0 Å². The highest BCUT2D eigenvalue weighted by Gasteiger charge is 2.15. The van der Waals surface area contributed by atoms with E-state index in [-0.39, 0.29) is 23.5 Å². The standard InChI is InChI=1S/C14H11F2NO3/c1-17-7-9(6-12(17)14(19)20)13(18)5-8-2-3-10(15)11(16)4-8/h2-4,6-7H,5H2,1H3,(H,19,20). The van der Waals surface area contributed by atoms with Gasteiger partial charge in [0.15, 0.2) is 17.4 Å². The van der Waals surface area contributed by atoms with Crippen molar-refractivity contribution in [3.8, 4) is 0 Å². The Balaban J connectivity index is 2.21. The second-order valence-corrected chi connectivity index (χ2v) is 4.38. The third-order valence-corrected chi connectivity index (χ3v) is 2.89. The summed E-state index contributed by atoms with van der Waals surface area (Å²) in [4.78, 5) is 22.9. The van der Waals surface area contributed by atoms with Crippen molar-refractivity contribution in [2.45, 2.75) is 6.42 Å². The molecule has 0 aliphatic carbocycles. The Bertz CT molecular complexity index is 692. The van der Waals surface area contributed by atoms with Crippen molar-refractivity contribution in [1.29, 1.82) is 0 Å². The maximum Gasteiger partial charge on any atom is 0.352 e. The lowest BCUT2D eigenvalue weighted by Crippen LogP contribution is -2.03. The molecular weight excluding hydrogens is 268 g/mol. The highest BCUT2D eigenvalue weighted by molar-refractivity contribution is 5.99. The van der Waals surface area contributed by atoms with Gasteiger partial charge in [0.2, 0.25) is 0 Å². The van der Waals surface area contributed by atoms with Gasteiger partial charge in [0.25, 0.3) is 0 Å².